The predicted molar refractivity (Wildman–Crippen MR) is 78.3 cm³/mol. The van der Waals surface area contributed by atoms with Gasteiger partial charge in [-0.15, -0.1) is 0 Å². The van der Waals surface area contributed by atoms with Gasteiger partial charge < -0.3 is 9.47 Å². The van der Waals surface area contributed by atoms with Crippen molar-refractivity contribution in [3.63, 3.8) is 0 Å². The lowest BCUT2D eigenvalue weighted by molar-refractivity contribution is -0.150. The molecule has 0 amide bonds. The minimum atomic E-state index is -1.12. The Morgan fingerprint density at radius 2 is 1.64 bits per heavy atom. The molecule has 0 saturated carbocycles. The van der Waals surface area contributed by atoms with Crippen molar-refractivity contribution in [1.29, 1.82) is 0 Å². The van der Waals surface area contributed by atoms with Crippen molar-refractivity contribution in [2.24, 2.45) is 11.0 Å². The molecule has 0 N–H and O–H groups in total. The third kappa shape index (κ3) is 2.69. The van der Waals surface area contributed by atoms with Crippen LogP contribution in [-0.2, 0) is 23.9 Å². The summed E-state index contributed by atoms with van der Waals surface area (Å²) < 4.78 is 9.48. The van der Waals surface area contributed by atoms with Crippen LogP contribution in [0.25, 0.3) is 0 Å². The van der Waals surface area contributed by atoms with Crippen molar-refractivity contribution < 1.29 is 23.9 Å². The summed E-state index contributed by atoms with van der Waals surface area (Å²) in [6.45, 7) is 1.29. The molecule has 0 radical (unpaired) electrons. The van der Waals surface area contributed by atoms with Gasteiger partial charge in [-0.25, -0.2) is 9.80 Å². The lowest BCUT2D eigenvalue weighted by Crippen LogP contribution is -2.45. The summed E-state index contributed by atoms with van der Waals surface area (Å²) >= 11 is 0. The number of carbonyl (C=O) groups excluding carboxylic acids is 3. The summed E-state index contributed by atoms with van der Waals surface area (Å²) in [4.78, 5) is 36.0. The van der Waals surface area contributed by atoms with E-state index in [4.69, 9.17) is 9.47 Å². The first kappa shape index (κ1) is 15.7. The largest absolute Gasteiger partial charge is 0.468 e. The molecule has 0 bridgehead atoms. The number of Topliss-reactive ketones (excluding diaryl/α,β-unsaturated/α-hetero) is 1. The molecule has 116 valence electrons. The van der Waals surface area contributed by atoms with Crippen LogP contribution in [0.5, 0.6) is 0 Å². The van der Waals surface area contributed by atoms with E-state index in [-0.39, 0.29) is 5.71 Å². The number of ether oxygens (including phenoxy) is 2. The zero-order valence-corrected chi connectivity index (χ0v) is 12.5. The van der Waals surface area contributed by atoms with Crippen LogP contribution >= 0.6 is 0 Å². The van der Waals surface area contributed by atoms with Gasteiger partial charge in [0.25, 0.3) is 0 Å². The fourth-order valence-electron chi connectivity index (χ4n) is 2.34. The van der Waals surface area contributed by atoms with Crippen molar-refractivity contribution >= 4 is 29.1 Å². The number of methoxy groups -OCH3 is 2. The monoisotopic (exact) mass is 304 g/mol. The maximum Gasteiger partial charge on any atom is 0.332 e. The van der Waals surface area contributed by atoms with Gasteiger partial charge in [-0.2, -0.15) is 5.10 Å². The number of benzene rings is 1. The van der Waals surface area contributed by atoms with Crippen LogP contribution in [0, 0.1) is 5.92 Å². The lowest BCUT2D eigenvalue weighted by atomic mass is 9.93. The van der Waals surface area contributed by atoms with Gasteiger partial charge in [0.05, 0.1) is 19.9 Å². The van der Waals surface area contributed by atoms with Crippen LogP contribution in [0.2, 0.25) is 0 Å². The van der Waals surface area contributed by atoms with Gasteiger partial charge >= 0.3 is 11.9 Å². The highest BCUT2D eigenvalue weighted by Crippen LogP contribution is 2.30. The zero-order valence-electron chi connectivity index (χ0n) is 12.5. The molecule has 0 spiro atoms. The number of ketones is 1. The molecule has 1 heterocycles. The Morgan fingerprint density at radius 3 is 2.14 bits per heavy atom. The van der Waals surface area contributed by atoms with E-state index < -0.39 is 29.7 Å². The number of hydrazone groups is 1. The molecular weight excluding hydrogens is 288 g/mol. The van der Waals surface area contributed by atoms with Crippen molar-refractivity contribution in [3.8, 4) is 0 Å². The summed E-state index contributed by atoms with van der Waals surface area (Å²) in [6, 6.07) is 7.70. The molecule has 1 aromatic rings. The highest BCUT2D eigenvalue weighted by atomic mass is 16.5. The summed E-state index contributed by atoms with van der Waals surface area (Å²) in [6.07, 6.45) is 0. The van der Waals surface area contributed by atoms with Crippen LogP contribution < -0.4 is 5.01 Å². The van der Waals surface area contributed by atoms with E-state index in [1.165, 1.54) is 26.2 Å². The summed E-state index contributed by atoms with van der Waals surface area (Å²) in [7, 11) is 2.41. The highest BCUT2D eigenvalue weighted by Gasteiger charge is 2.49. The lowest BCUT2D eigenvalue weighted by Gasteiger charge is -2.24. The molecule has 2 rings (SSSR count). The van der Waals surface area contributed by atoms with Crippen molar-refractivity contribution in [2.45, 2.75) is 13.0 Å². The zero-order chi connectivity index (χ0) is 16.3. The van der Waals surface area contributed by atoms with Crippen molar-refractivity contribution in [1.82, 2.24) is 0 Å². The second-order valence-corrected chi connectivity index (χ2v) is 4.69. The number of nitrogens with zero attached hydrogens (tertiary/aromatic N) is 2. The Labute approximate surface area is 127 Å². The SMILES string of the molecule is COC(=O)[C@H]1C(C(C)=O)=NN(c2ccccc2)[C@H]1C(=O)OC. The Hall–Kier alpha value is -2.70. The molecule has 7 heteroatoms. The van der Waals surface area contributed by atoms with Crippen molar-refractivity contribution in [2.75, 3.05) is 19.2 Å². The topological polar surface area (TPSA) is 85.3 Å². The molecule has 2 atom stereocenters. The quantitative estimate of drug-likeness (QED) is 0.764. The average molecular weight is 304 g/mol. The second kappa shape index (κ2) is 6.38. The van der Waals surface area contributed by atoms with Gasteiger partial charge in [-0.1, -0.05) is 18.2 Å². The van der Waals surface area contributed by atoms with Crippen molar-refractivity contribution in [3.05, 3.63) is 30.3 Å². The van der Waals surface area contributed by atoms with E-state index in [2.05, 4.69) is 5.10 Å². The van der Waals surface area contributed by atoms with Crippen LogP contribution in [0.3, 0.4) is 0 Å². The molecule has 0 aliphatic carbocycles. The number of esters is 2. The molecule has 0 saturated heterocycles. The Balaban J connectivity index is 2.53. The molecule has 0 aromatic heterocycles. The fraction of sp³-hybridized carbons (Fsp3) is 0.333. The van der Waals surface area contributed by atoms with Gasteiger partial charge in [0.1, 0.15) is 11.6 Å². The van der Waals surface area contributed by atoms with Gasteiger partial charge in [0.15, 0.2) is 11.8 Å². The maximum atomic E-state index is 12.1. The Bertz CT molecular complexity index is 626. The van der Waals surface area contributed by atoms with Gasteiger partial charge in [-0.05, 0) is 12.1 Å². The van der Waals surface area contributed by atoms with E-state index in [9.17, 15) is 14.4 Å². The minimum absolute atomic E-state index is 0.0221. The van der Waals surface area contributed by atoms with E-state index in [1.807, 2.05) is 0 Å². The normalized spacial score (nSPS) is 20.3. The summed E-state index contributed by atoms with van der Waals surface area (Å²) in [5.41, 5.74) is 0.550. The van der Waals surface area contributed by atoms with E-state index >= 15 is 0 Å². The number of carbonyl (C=O) groups is 3. The van der Waals surface area contributed by atoms with Gasteiger partial charge in [0, 0.05) is 6.92 Å². The first-order chi connectivity index (χ1) is 10.5. The van der Waals surface area contributed by atoms with Crippen LogP contribution in [0.1, 0.15) is 6.92 Å². The second-order valence-electron chi connectivity index (χ2n) is 4.69. The fourth-order valence-corrected chi connectivity index (χ4v) is 2.34. The third-order valence-corrected chi connectivity index (χ3v) is 3.37. The summed E-state index contributed by atoms with van der Waals surface area (Å²) in [5, 5.41) is 5.48. The number of hydrogen-bond acceptors (Lipinski definition) is 7. The highest BCUT2D eigenvalue weighted by molar-refractivity contribution is 6.44. The summed E-state index contributed by atoms with van der Waals surface area (Å²) in [5.74, 6) is -2.89. The van der Waals surface area contributed by atoms with Crippen LogP contribution in [-0.4, -0.2) is 43.7 Å². The third-order valence-electron chi connectivity index (χ3n) is 3.37. The maximum absolute atomic E-state index is 12.1. The number of hydrogen-bond donors (Lipinski definition) is 0. The van der Waals surface area contributed by atoms with Crippen LogP contribution in [0.4, 0.5) is 5.69 Å². The predicted octanol–water partition coefficient (Wildman–Crippen LogP) is 0.782. The van der Waals surface area contributed by atoms with E-state index in [0.29, 0.717) is 5.69 Å². The van der Waals surface area contributed by atoms with Crippen LogP contribution in [0.15, 0.2) is 35.4 Å². The first-order valence-electron chi connectivity index (χ1n) is 6.60. The average Bonchev–Trinajstić information content (AvgIpc) is 2.94. The molecule has 1 aliphatic heterocycles. The molecule has 0 fully saturated rings. The van der Waals surface area contributed by atoms with E-state index in [0.717, 1.165) is 0 Å². The molecule has 1 aliphatic rings. The molecular formula is C15H16N2O5. The Kier molecular flexibility index (Phi) is 4.55. The molecule has 1 aromatic carbocycles. The number of para-hydroxylation sites is 1. The molecule has 22 heavy (non-hydrogen) atoms. The van der Waals surface area contributed by atoms with Gasteiger partial charge in [-0.3, -0.25) is 9.59 Å². The Morgan fingerprint density at radius 1 is 1.05 bits per heavy atom. The number of rotatable bonds is 4. The molecule has 0 unspecified atom stereocenters. The first-order valence-corrected chi connectivity index (χ1v) is 6.60. The van der Waals surface area contributed by atoms with E-state index in [1.54, 1.807) is 30.3 Å². The standard InChI is InChI=1S/C15H16N2O5/c1-9(18)12-11(14(19)21-2)13(15(20)22-3)17(16-12)10-7-5-4-6-8-10/h4-8,11,13H,1-3H3/t11-,13+/m0/s1. The molecule has 7 nitrogen and oxygen atoms in total. The number of anilines is 1. The minimum Gasteiger partial charge on any atom is -0.468 e. The smallest absolute Gasteiger partial charge is 0.332 e. The van der Waals surface area contributed by atoms with Gasteiger partial charge in [0.2, 0.25) is 0 Å².